The molecular formula is C16H14N6O2S. The molecule has 2 heterocycles. The molecule has 126 valence electrons. The summed E-state index contributed by atoms with van der Waals surface area (Å²) in [5.74, 6) is 6.67. The number of hydrogen-bond donors (Lipinski definition) is 1. The first-order valence-corrected chi connectivity index (χ1v) is 8.29. The number of carbonyl (C=O) groups excluding carboxylic acids is 1. The standard InChI is InChI=1S/C16H14N6O2S/c17-8-9-21(12-5-2-1-3-6-12)14(23)11-25-16-20-19-15(22(16)18)13-7-4-10-24-13/h1-7,10H,9,11,18H2. The van der Waals surface area contributed by atoms with Gasteiger partial charge < -0.3 is 10.3 Å². The molecule has 0 saturated heterocycles. The van der Waals surface area contributed by atoms with Crippen LogP contribution in [0.25, 0.3) is 11.6 Å². The molecule has 3 rings (SSSR count). The molecule has 8 nitrogen and oxygen atoms in total. The van der Waals surface area contributed by atoms with E-state index in [4.69, 9.17) is 15.5 Å². The molecular weight excluding hydrogens is 340 g/mol. The van der Waals surface area contributed by atoms with Gasteiger partial charge in [0.1, 0.15) is 6.54 Å². The number of hydrogen-bond acceptors (Lipinski definition) is 7. The molecule has 2 aromatic heterocycles. The Bertz CT molecular complexity index is 885. The molecule has 0 bridgehead atoms. The Labute approximate surface area is 147 Å². The molecule has 1 amide bonds. The first kappa shape index (κ1) is 16.6. The van der Waals surface area contributed by atoms with Crippen LogP contribution in [-0.2, 0) is 4.79 Å². The van der Waals surface area contributed by atoms with Crippen molar-refractivity contribution < 1.29 is 9.21 Å². The van der Waals surface area contributed by atoms with E-state index in [0.29, 0.717) is 22.4 Å². The lowest BCUT2D eigenvalue weighted by molar-refractivity contribution is -0.116. The summed E-state index contributed by atoms with van der Waals surface area (Å²) in [6.45, 7) is -0.0314. The summed E-state index contributed by atoms with van der Waals surface area (Å²) in [4.78, 5) is 13.9. The van der Waals surface area contributed by atoms with E-state index < -0.39 is 0 Å². The van der Waals surface area contributed by atoms with Gasteiger partial charge in [-0.25, -0.2) is 4.68 Å². The molecule has 3 aromatic rings. The van der Waals surface area contributed by atoms with Gasteiger partial charge >= 0.3 is 0 Å². The van der Waals surface area contributed by atoms with Gasteiger partial charge in [-0.2, -0.15) is 5.26 Å². The third-order valence-electron chi connectivity index (χ3n) is 3.33. The fourth-order valence-electron chi connectivity index (χ4n) is 2.16. The van der Waals surface area contributed by atoms with Crippen LogP contribution in [-0.4, -0.2) is 33.1 Å². The normalized spacial score (nSPS) is 10.4. The highest BCUT2D eigenvalue weighted by Crippen LogP contribution is 2.23. The molecule has 9 heteroatoms. The predicted octanol–water partition coefficient (Wildman–Crippen LogP) is 1.90. The minimum atomic E-state index is -0.222. The van der Waals surface area contributed by atoms with E-state index >= 15 is 0 Å². The first-order chi connectivity index (χ1) is 12.2. The first-order valence-electron chi connectivity index (χ1n) is 7.30. The van der Waals surface area contributed by atoms with Gasteiger partial charge in [0.2, 0.25) is 16.9 Å². The lowest BCUT2D eigenvalue weighted by Gasteiger charge is -2.19. The van der Waals surface area contributed by atoms with Crippen LogP contribution in [0.4, 0.5) is 5.69 Å². The number of nitriles is 1. The molecule has 0 fully saturated rings. The monoisotopic (exact) mass is 354 g/mol. The number of amides is 1. The third kappa shape index (κ3) is 3.64. The number of aromatic nitrogens is 3. The van der Waals surface area contributed by atoms with Crippen molar-refractivity contribution in [1.29, 1.82) is 5.26 Å². The molecule has 0 atom stereocenters. The maximum Gasteiger partial charge on any atom is 0.238 e. The summed E-state index contributed by atoms with van der Waals surface area (Å²) >= 11 is 1.14. The second kappa shape index (κ2) is 7.55. The molecule has 0 aliphatic rings. The second-order valence-corrected chi connectivity index (χ2v) is 5.86. The highest BCUT2D eigenvalue weighted by atomic mass is 32.2. The summed E-state index contributed by atoms with van der Waals surface area (Å²) < 4.78 is 6.52. The van der Waals surface area contributed by atoms with Crippen molar-refractivity contribution in [2.24, 2.45) is 0 Å². The Balaban J connectivity index is 1.70. The predicted molar refractivity (Wildman–Crippen MR) is 93.0 cm³/mol. The quantitative estimate of drug-likeness (QED) is 0.408. The molecule has 25 heavy (non-hydrogen) atoms. The molecule has 1 aromatic carbocycles. The lowest BCUT2D eigenvalue weighted by Crippen LogP contribution is -2.32. The summed E-state index contributed by atoms with van der Waals surface area (Å²) in [6.07, 6.45) is 1.51. The van der Waals surface area contributed by atoms with Crippen LogP contribution in [0, 0.1) is 11.3 Å². The van der Waals surface area contributed by atoms with Crippen LogP contribution in [0.1, 0.15) is 0 Å². The van der Waals surface area contributed by atoms with Gasteiger partial charge in [0.15, 0.2) is 5.76 Å². The van der Waals surface area contributed by atoms with Crippen LogP contribution in [0.3, 0.4) is 0 Å². The van der Waals surface area contributed by atoms with E-state index in [1.807, 2.05) is 24.3 Å². The van der Waals surface area contributed by atoms with Gasteiger partial charge in [0, 0.05) is 5.69 Å². The maximum atomic E-state index is 12.5. The average Bonchev–Trinajstić information content (AvgIpc) is 3.28. The van der Waals surface area contributed by atoms with Gasteiger partial charge in [-0.15, -0.1) is 10.2 Å². The van der Waals surface area contributed by atoms with Crippen molar-refractivity contribution in [2.45, 2.75) is 5.16 Å². The van der Waals surface area contributed by atoms with E-state index in [9.17, 15) is 4.79 Å². The molecule has 0 aliphatic heterocycles. The van der Waals surface area contributed by atoms with Gasteiger partial charge in [-0.3, -0.25) is 9.69 Å². The minimum absolute atomic E-state index is 0.0314. The topological polar surface area (TPSA) is 114 Å². The number of carbonyl (C=O) groups is 1. The fraction of sp³-hybridized carbons (Fsp3) is 0.125. The molecule has 0 radical (unpaired) electrons. The van der Waals surface area contributed by atoms with Gasteiger partial charge in [-0.05, 0) is 24.3 Å². The van der Waals surface area contributed by atoms with Crippen LogP contribution >= 0.6 is 11.8 Å². The second-order valence-electron chi connectivity index (χ2n) is 4.92. The van der Waals surface area contributed by atoms with Crippen molar-refractivity contribution in [3.8, 4) is 17.7 Å². The van der Waals surface area contributed by atoms with Gasteiger partial charge in [0.05, 0.1) is 18.1 Å². The molecule has 0 aliphatic carbocycles. The Morgan fingerprint density at radius 2 is 2.08 bits per heavy atom. The van der Waals surface area contributed by atoms with Crippen LogP contribution in [0.15, 0.2) is 58.3 Å². The number of benzene rings is 1. The Morgan fingerprint density at radius 1 is 1.28 bits per heavy atom. The van der Waals surface area contributed by atoms with Crippen molar-refractivity contribution in [3.05, 3.63) is 48.7 Å². The maximum absolute atomic E-state index is 12.5. The van der Waals surface area contributed by atoms with Crippen LogP contribution < -0.4 is 10.7 Å². The SMILES string of the molecule is N#CCN(C(=O)CSc1nnc(-c2ccco2)n1N)c1ccccc1. The van der Waals surface area contributed by atoms with Crippen molar-refractivity contribution in [2.75, 3.05) is 23.0 Å². The van der Waals surface area contributed by atoms with E-state index in [0.717, 1.165) is 11.8 Å². The fourth-order valence-corrected chi connectivity index (χ4v) is 2.89. The van der Waals surface area contributed by atoms with Gasteiger partial charge in [0.25, 0.3) is 0 Å². The number of para-hydroxylation sites is 1. The number of rotatable bonds is 6. The number of furan rings is 1. The molecule has 0 unspecified atom stereocenters. The van der Waals surface area contributed by atoms with E-state index in [1.54, 1.807) is 24.3 Å². The van der Waals surface area contributed by atoms with Crippen molar-refractivity contribution >= 4 is 23.4 Å². The highest BCUT2D eigenvalue weighted by Gasteiger charge is 2.19. The summed E-state index contributed by atoms with van der Waals surface area (Å²) in [6, 6.07) is 14.5. The average molecular weight is 354 g/mol. The zero-order chi connectivity index (χ0) is 17.6. The van der Waals surface area contributed by atoms with Crippen molar-refractivity contribution in [3.63, 3.8) is 0 Å². The number of anilines is 1. The van der Waals surface area contributed by atoms with Crippen LogP contribution in [0.5, 0.6) is 0 Å². The minimum Gasteiger partial charge on any atom is -0.461 e. The third-order valence-corrected chi connectivity index (χ3v) is 4.26. The Hall–Kier alpha value is -3.25. The van der Waals surface area contributed by atoms with Crippen molar-refractivity contribution in [1.82, 2.24) is 14.9 Å². The van der Waals surface area contributed by atoms with Gasteiger partial charge in [-0.1, -0.05) is 30.0 Å². The Morgan fingerprint density at radius 3 is 2.76 bits per heavy atom. The lowest BCUT2D eigenvalue weighted by atomic mass is 10.3. The van der Waals surface area contributed by atoms with E-state index in [2.05, 4.69) is 10.2 Å². The number of nitrogens with zero attached hydrogens (tertiary/aromatic N) is 5. The largest absolute Gasteiger partial charge is 0.461 e. The molecule has 2 N–H and O–H groups in total. The highest BCUT2D eigenvalue weighted by molar-refractivity contribution is 7.99. The molecule has 0 saturated carbocycles. The molecule has 0 spiro atoms. The van der Waals surface area contributed by atoms with E-state index in [1.165, 1.54) is 15.8 Å². The summed E-state index contributed by atoms with van der Waals surface area (Å²) in [7, 11) is 0. The number of nitrogens with two attached hydrogens (primary N) is 1. The smallest absolute Gasteiger partial charge is 0.238 e. The van der Waals surface area contributed by atoms with E-state index in [-0.39, 0.29) is 18.2 Å². The number of thioether (sulfide) groups is 1. The zero-order valence-electron chi connectivity index (χ0n) is 13.1. The van der Waals surface area contributed by atoms with Crippen LogP contribution in [0.2, 0.25) is 0 Å². The zero-order valence-corrected chi connectivity index (χ0v) is 13.9. The summed E-state index contributed by atoms with van der Waals surface area (Å²) in [5.41, 5.74) is 0.667. The summed E-state index contributed by atoms with van der Waals surface area (Å²) in [5, 5.41) is 17.3. The number of nitrogen functional groups attached to an aromatic ring is 1. The Kier molecular flexibility index (Phi) is 5.01.